The summed E-state index contributed by atoms with van der Waals surface area (Å²) in [6.45, 7) is 0. The van der Waals surface area contributed by atoms with Crippen LogP contribution in [0.25, 0.3) is 0 Å². The van der Waals surface area contributed by atoms with Crippen LogP contribution in [0.4, 0.5) is 5.69 Å². The largest absolute Gasteiger partial charge is 0.323 e. The highest BCUT2D eigenvalue weighted by Gasteiger charge is 2.06. The Bertz CT molecular complexity index is 365. The van der Waals surface area contributed by atoms with Gasteiger partial charge in [0.15, 0.2) is 0 Å². The Labute approximate surface area is 87.9 Å². The summed E-state index contributed by atoms with van der Waals surface area (Å²) >= 11 is 2.00. The quantitative estimate of drug-likeness (QED) is 0.295. The Morgan fingerprint density at radius 2 is 2.23 bits per heavy atom. The topological polar surface area (TPSA) is 81.5 Å². The van der Waals surface area contributed by atoms with Crippen molar-refractivity contribution in [3.63, 3.8) is 0 Å². The van der Waals surface area contributed by atoms with Crippen LogP contribution in [-0.4, -0.2) is 11.1 Å². The Hall–Kier alpha value is -1.18. The molecule has 0 atom stereocenters. The van der Waals surface area contributed by atoms with Crippen molar-refractivity contribution in [1.82, 2.24) is 0 Å². The van der Waals surface area contributed by atoms with E-state index in [9.17, 15) is 10.1 Å². The molecule has 0 aliphatic rings. The highest BCUT2D eigenvalue weighted by molar-refractivity contribution is 14.1. The average molecular weight is 291 g/mol. The van der Waals surface area contributed by atoms with Gasteiger partial charge in [-0.05, 0) is 28.7 Å². The van der Waals surface area contributed by atoms with E-state index in [0.29, 0.717) is 5.56 Å². The summed E-state index contributed by atoms with van der Waals surface area (Å²) in [7, 11) is 0. The molecule has 1 aromatic carbocycles. The molecule has 0 amide bonds. The molecular formula is C7H6IN3O2. The van der Waals surface area contributed by atoms with Gasteiger partial charge in [0.25, 0.3) is 5.69 Å². The third-order valence-electron chi connectivity index (χ3n) is 1.34. The molecule has 2 N–H and O–H groups in total. The maximum atomic E-state index is 10.4. The van der Waals surface area contributed by atoms with Gasteiger partial charge in [-0.2, -0.15) is 5.10 Å². The minimum absolute atomic E-state index is 0.0433. The lowest BCUT2D eigenvalue weighted by Gasteiger charge is -1.95. The number of nitrogens with two attached hydrogens (primary N) is 1. The fourth-order valence-corrected chi connectivity index (χ4v) is 1.54. The standard InChI is InChI=1S/C7H6IN3O2/c8-6-1-5(4-10-9)2-7(3-6)11(12)13/h1-4H,9H2/b10-4+. The molecule has 0 radical (unpaired) electrons. The van der Waals surface area contributed by atoms with Gasteiger partial charge in [0.2, 0.25) is 0 Å². The average Bonchev–Trinajstić information content (AvgIpc) is 2.03. The molecule has 5 nitrogen and oxygen atoms in total. The molecule has 0 spiro atoms. The molecule has 13 heavy (non-hydrogen) atoms. The summed E-state index contributed by atoms with van der Waals surface area (Å²) in [6.07, 6.45) is 1.37. The zero-order valence-electron chi connectivity index (χ0n) is 6.48. The zero-order valence-corrected chi connectivity index (χ0v) is 8.63. The lowest BCUT2D eigenvalue weighted by Crippen LogP contribution is -1.92. The first kappa shape index (κ1) is 9.90. The van der Waals surface area contributed by atoms with E-state index >= 15 is 0 Å². The van der Waals surface area contributed by atoms with E-state index in [1.807, 2.05) is 22.6 Å². The molecular weight excluding hydrogens is 285 g/mol. The van der Waals surface area contributed by atoms with Crippen LogP contribution in [0, 0.1) is 13.7 Å². The lowest BCUT2D eigenvalue weighted by molar-refractivity contribution is -0.384. The number of hydrogen-bond acceptors (Lipinski definition) is 4. The molecule has 1 rings (SSSR count). The van der Waals surface area contributed by atoms with Gasteiger partial charge in [0, 0.05) is 21.3 Å². The van der Waals surface area contributed by atoms with Crippen molar-refractivity contribution in [2.24, 2.45) is 10.9 Å². The van der Waals surface area contributed by atoms with Crippen molar-refractivity contribution >= 4 is 34.5 Å². The first-order valence-electron chi connectivity index (χ1n) is 3.31. The van der Waals surface area contributed by atoms with Gasteiger partial charge in [-0.25, -0.2) is 0 Å². The minimum Gasteiger partial charge on any atom is -0.323 e. The molecule has 0 fully saturated rings. The minimum atomic E-state index is -0.448. The van der Waals surface area contributed by atoms with Crippen LogP contribution >= 0.6 is 22.6 Å². The summed E-state index contributed by atoms with van der Waals surface area (Å²) in [5.41, 5.74) is 0.669. The first-order chi connectivity index (χ1) is 6.13. The van der Waals surface area contributed by atoms with Crippen molar-refractivity contribution in [3.8, 4) is 0 Å². The van der Waals surface area contributed by atoms with Crippen molar-refractivity contribution in [3.05, 3.63) is 37.4 Å². The molecule has 0 saturated carbocycles. The maximum Gasteiger partial charge on any atom is 0.271 e. The Balaban J connectivity index is 3.18. The second-order valence-electron chi connectivity index (χ2n) is 2.28. The Morgan fingerprint density at radius 3 is 2.77 bits per heavy atom. The normalized spacial score (nSPS) is 10.5. The first-order valence-corrected chi connectivity index (χ1v) is 4.39. The Kier molecular flexibility index (Phi) is 3.18. The molecule has 0 bridgehead atoms. The van der Waals surface area contributed by atoms with Gasteiger partial charge in [-0.1, -0.05) is 0 Å². The van der Waals surface area contributed by atoms with Crippen LogP contribution in [0.3, 0.4) is 0 Å². The predicted molar refractivity (Wildman–Crippen MR) is 57.6 cm³/mol. The van der Waals surface area contributed by atoms with Crippen molar-refractivity contribution < 1.29 is 4.92 Å². The summed E-state index contributed by atoms with van der Waals surface area (Å²) in [6, 6.07) is 4.65. The summed E-state index contributed by atoms with van der Waals surface area (Å²) in [4.78, 5) is 9.99. The predicted octanol–water partition coefficient (Wildman–Crippen LogP) is 1.49. The molecule has 0 unspecified atom stereocenters. The van der Waals surface area contributed by atoms with Gasteiger partial charge < -0.3 is 5.84 Å². The van der Waals surface area contributed by atoms with Crippen LogP contribution < -0.4 is 5.84 Å². The third kappa shape index (κ3) is 2.65. The number of rotatable bonds is 2. The molecule has 0 aromatic heterocycles. The third-order valence-corrected chi connectivity index (χ3v) is 1.96. The molecule has 0 saturated heterocycles. The van der Waals surface area contributed by atoms with E-state index in [0.717, 1.165) is 3.57 Å². The van der Waals surface area contributed by atoms with Gasteiger partial charge in [-0.15, -0.1) is 0 Å². The number of nitro benzene ring substituents is 1. The molecule has 1 aromatic rings. The molecule has 68 valence electrons. The van der Waals surface area contributed by atoms with E-state index in [-0.39, 0.29) is 5.69 Å². The number of benzene rings is 1. The van der Waals surface area contributed by atoms with Crippen molar-refractivity contribution in [2.45, 2.75) is 0 Å². The number of nitrogens with zero attached hydrogens (tertiary/aromatic N) is 2. The van der Waals surface area contributed by atoms with Gasteiger partial charge in [-0.3, -0.25) is 10.1 Å². The monoisotopic (exact) mass is 291 g/mol. The van der Waals surface area contributed by atoms with Crippen molar-refractivity contribution in [1.29, 1.82) is 0 Å². The SMILES string of the molecule is N/N=C/c1cc(I)cc([N+](=O)[O-])c1. The van der Waals surface area contributed by atoms with Crippen LogP contribution in [0.15, 0.2) is 23.3 Å². The van der Waals surface area contributed by atoms with Crippen LogP contribution in [0.1, 0.15) is 5.56 Å². The Morgan fingerprint density at radius 1 is 1.54 bits per heavy atom. The number of halogens is 1. The summed E-state index contributed by atoms with van der Waals surface area (Å²) in [5, 5.41) is 13.7. The number of hydrazone groups is 1. The number of nitro groups is 1. The highest BCUT2D eigenvalue weighted by atomic mass is 127. The van der Waals surface area contributed by atoms with Gasteiger partial charge in [0.1, 0.15) is 0 Å². The number of non-ortho nitro benzene ring substituents is 1. The van der Waals surface area contributed by atoms with E-state index in [2.05, 4.69) is 5.10 Å². The van der Waals surface area contributed by atoms with Crippen LogP contribution in [-0.2, 0) is 0 Å². The van der Waals surface area contributed by atoms with Crippen LogP contribution in [0.2, 0.25) is 0 Å². The second kappa shape index (κ2) is 4.17. The fourth-order valence-electron chi connectivity index (χ4n) is 0.862. The van der Waals surface area contributed by atoms with E-state index in [1.165, 1.54) is 18.3 Å². The smallest absolute Gasteiger partial charge is 0.271 e. The molecule has 0 aliphatic heterocycles. The van der Waals surface area contributed by atoms with E-state index in [4.69, 9.17) is 5.84 Å². The second-order valence-corrected chi connectivity index (χ2v) is 3.52. The molecule has 0 aliphatic carbocycles. The molecule has 6 heteroatoms. The fraction of sp³-hybridized carbons (Fsp3) is 0. The molecule has 0 heterocycles. The summed E-state index contributed by atoms with van der Waals surface area (Å²) in [5.74, 6) is 4.93. The van der Waals surface area contributed by atoms with E-state index in [1.54, 1.807) is 6.07 Å². The maximum absolute atomic E-state index is 10.4. The lowest BCUT2D eigenvalue weighted by atomic mass is 10.2. The number of hydrogen-bond donors (Lipinski definition) is 1. The summed E-state index contributed by atoms with van der Waals surface area (Å²) < 4.78 is 0.779. The van der Waals surface area contributed by atoms with E-state index < -0.39 is 4.92 Å². The van der Waals surface area contributed by atoms with Crippen molar-refractivity contribution in [2.75, 3.05) is 0 Å². The van der Waals surface area contributed by atoms with Gasteiger partial charge in [0.05, 0.1) is 11.1 Å². The highest BCUT2D eigenvalue weighted by Crippen LogP contribution is 2.17. The van der Waals surface area contributed by atoms with Crippen LogP contribution in [0.5, 0.6) is 0 Å². The zero-order chi connectivity index (χ0) is 9.84. The van der Waals surface area contributed by atoms with Gasteiger partial charge >= 0.3 is 0 Å².